The third-order valence-electron chi connectivity index (χ3n) is 3.11. The van der Waals surface area contributed by atoms with E-state index in [1.807, 2.05) is 0 Å². The summed E-state index contributed by atoms with van der Waals surface area (Å²) in [7, 11) is 0. The summed E-state index contributed by atoms with van der Waals surface area (Å²) in [6.07, 6.45) is 4.87. The second kappa shape index (κ2) is 7.02. The lowest BCUT2D eigenvalue weighted by molar-refractivity contribution is 0.0382. The van der Waals surface area contributed by atoms with E-state index >= 15 is 0 Å². The third kappa shape index (κ3) is 4.80. The van der Waals surface area contributed by atoms with E-state index in [0.717, 1.165) is 26.2 Å². The van der Waals surface area contributed by atoms with Crippen molar-refractivity contribution in [1.82, 2.24) is 5.32 Å². The molecule has 0 aromatic rings. The van der Waals surface area contributed by atoms with Gasteiger partial charge in [0, 0.05) is 12.6 Å². The molecule has 0 saturated carbocycles. The minimum atomic E-state index is 0.618. The van der Waals surface area contributed by atoms with Gasteiger partial charge in [0.05, 0.1) is 6.61 Å². The fraction of sp³-hybridized carbons (Fsp3) is 0.846. The van der Waals surface area contributed by atoms with Crippen LogP contribution in [-0.4, -0.2) is 25.8 Å². The van der Waals surface area contributed by atoms with Crippen LogP contribution in [0.5, 0.6) is 0 Å². The largest absolute Gasteiger partial charge is 0.381 e. The van der Waals surface area contributed by atoms with Crippen LogP contribution in [0.1, 0.15) is 39.5 Å². The molecule has 1 rings (SSSR count). The third-order valence-corrected chi connectivity index (χ3v) is 3.11. The summed E-state index contributed by atoms with van der Waals surface area (Å²) in [4.78, 5) is 0. The Morgan fingerprint density at radius 1 is 1.60 bits per heavy atom. The Kier molecular flexibility index (Phi) is 5.96. The molecule has 88 valence electrons. The summed E-state index contributed by atoms with van der Waals surface area (Å²) in [5.41, 5.74) is 1.29. The van der Waals surface area contributed by atoms with E-state index in [1.54, 1.807) is 0 Å². The van der Waals surface area contributed by atoms with Crippen molar-refractivity contribution in [2.75, 3.05) is 19.8 Å². The molecule has 0 radical (unpaired) electrons. The maximum atomic E-state index is 5.55. The fourth-order valence-corrected chi connectivity index (χ4v) is 2.25. The standard InChI is InChI=1S/C13H25NO/c1-4-14-13(8-7-11(2)3)12-6-5-9-15-10-12/h12-14H,2,4-10H2,1,3H3. The summed E-state index contributed by atoms with van der Waals surface area (Å²) in [5, 5.41) is 3.59. The van der Waals surface area contributed by atoms with E-state index in [2.05, 4.69) is 25.7 Å². The maximum absolute atomic E-state index is 5.55. The van der Waals surface area contributed by atoms with Crippen LogP contribution in [0.4, 0.5) is 0 Å². The molecule has 2 atom stereocenters. The molecule has 0 aromatic carbocycles. The van der Waals surface area contributed by atoms with Crippen molar-refractivity contribution in [1.29, 1.82) is 0 Å². The monoisotopic (exact) mass is 211 g/mol. The summed E-state index contributed by atoms with van der Waals surface area (Å²) >= 11 is 0. The number of hydrogen-bond donors (Lipinski definition) is 1. The Bertz CT molecular complexity index is 185. The van der Waals surface area contributed by atoms with Crippen molar-refractivity contribution in [3.8, 4) is 0 Å². The molecule has 1 saturated heterocycles. The molecule has 1 N–H and O–H groups in total. The molecular formula is C13H25NO. The molecule has 2 unspecified atom stereocenters. The first-order chi connectivity index (χ1) is 7.24. The molecule has 0 spiro atoms. The van der Waals surface area contributed by atoms with Gasteiger partial charge >= 0.3 is 0 Å². The number of ether oxygens (including phenoxy) is 1. The zero-order chi connectivity index (χ0) is 11.1. The van der Waals surface area contributed by atoms with Crippen molar-refractivity contribution >= 4 is 0 Å². The summed E-state index contributed by atoms with van der Waals surface area (Å²) < 4.78 is 5.55. The Morgan fingerprint density at radius 2 is 2.40 bits per heavy atom. The molecule has 1 heterocycles. The van der Waals surface area contributed by atoms with Crippen molar-refractivity contribution in [2.45, 2.75) is 45.6 Å². The summed E-state index contributed by atoms with van der Waals surface area (Å²) in [6, 6.07) is 0.618. The molecule has 2 nitrogen and oxygen atoms in total. The van der Waals surface area contributed by atoms with Crippen LogP contribution >= 0.6 is 0 Å². The average Bonchev–Trinajstić information content (AvgIpc) is 2.25. The van der Waals surface area contributed by atoms with E-state index in [4.69, 9.17) is 4.74 Å². The molecule has 0 aliphatic carbocycles. The van der Waals surface area contributed by atoms with Gasteiger partial charge in [0.2, 0.25) is 0 Å². The highest BCUT2D eigenvalue weighted by molar-refractivity contribution is 4.90. The lowest BCUT2D eigenvalue weighted by Gasteiger charge is -2.31. The van der Waals surface area contributed by atoms with Crippen LogP contribution in [0.3, 0.4) is 0 Å². The lowest BCUT2D eigenvalue weighted by atomic mass is 9.90. The number of hydrogen-bond acceptors (Lipinski definition) is 2. The van der Waals surface area contributed by atoms with Crippen molar-refractivity contribution < 1.29 is 4.74 Å². The van der Waals surface area contributed by atoms with Gasteiger partial charge in [-0.05, 0) is 45.1 Å². The van der Waals surface area contributed by atoms with Gasteiger partial charge in [-0.1, -0.05) is 12.5 Å². The molecule has 2 heteroatoms. The molecular weight excluding hydrogens is 186 g/mol. The highest BCUT2D eigenvalue weighted by atomic mass is 16.5. The second-order valence-corrected chi connectivity index (χ2v) is 4.64. The Hall–Kier alpha value is -0.340. The lowest BCUT2D eigenvalue weighted by Crippen LogP contribution is -2.40. The van der Waals surface area contributed by atoms with Crippen molar-refractivity contribution in [3.63, 3.8) is 0 Å². The molecule has 0 aromatic heterocycles. The molecule has 1 fully saturated rings. The molecule has 1 aliphatic rings. The molecule has 15 heavy (non-hydrogen) atoms. The van der Waals surface area contributed by atoms with Gasteiger partial charge in [-0.2, -0.15) is 0 Å². The second-order valence-electron chi connectivity index (χ2n) is 4.64. The van der Waals surface area contributed by atoms with Crippen molar-refractivity contribution in [3.05, 3.63) is 12.2 Å². The first-order valence-electron chi connectivity index (χ1n) is 6.19. The zero-order valence-electron chi connectivity index (χ0n) is 10.2. The molecule has 0 bridgehead atoms. The number of allylic oxidation sites excluding steroid dienone is 1. The Balaban J connectivity index is 2.36. The first-order valence-corrected chi connectivity index (χ1v) is 6.19. The van der Waals surface area contributed by atoms with Crippen LogP contribution in [0, 0.1) is 5.92 Å². The first kappa shape index (κ1) is 12.7. The quantitative estimate of drug-likeness (QED) is 0.682. The number of rotatable bonds is 6. The average molecular weight is 211 g/mol. The predicted octanol–water partition coefficient (Wildman–Crippen LogP) is 2.75. The Morgan fingerprint density at radius 3 is 2.93 bits per heavy atom. The van der Waals surface area contributed by atoms with Crippen LogP contribution in [0.2, 0.25) is 0 Å². The topological polar surface area (TPSA) is 21.3 Å². The highest BCUT2D eigenvalue weighted by Crippen LogP contribution is 2.21. The SMILES string of the molecule is C=C(C)CCC(NCC)C1CCCOC1. The van der Waals surface area contributed by atoms with Gasteiger partial charge in [0.1, 0.15) is 0 Å². The van der Waals surface area contributed by atoms with Gasteiger partial charge < -0.3 is 10.1 Å². The van der Waals surface area contributed by atoms with E-state index in [0.29, 0.717) is 12.0 Å². The van der Waals surface area contributed by atoms with Gasteiger partial charge in [0.25, 0.3) is 0 Å². The summed E-state index contributed by atoms with van der Waals surface area (Å²) in [5.74, 6) is 0.707. The smallest absolute Gasteiger partial charge is 0.0509 e. The van der Waals surface area contributed by atoms with Crippen LogP contribution < -0.4 is 5.32 Å². The van der Waals surface area contributed by atoms with E-state index in [1.165, 1.54) is 24.8 Å². The zero-order valence-corrected chi connectivity index (χ0v) is 10.2. The Labute approximate surface area is 94.1 Å². The van der Waals surface area contributed by atoms with Gasteiger partial charge in [-0.15, -0.1) is 6.58 Å². The van der Waals surface area contributed by atoms with E-state index < -0.39 is 0 Å². The molecule has 1 aliphatic heterocycles. The normalized spacial score (nSPS) is 23.7. The number of nitrogens with one attached hydrogen (secondary N) is 1. The van der Waals surface area contributed by atoms with Gasteiger partial charge in [-0.25, -0.2) is 0 Å². The predicted molar refractivity (Wildman–Crippen MR) is 65.1 cm³/mol. The highest BCUT2D eigenvalue weighted by Gasteiger charge is 2.22. The minimum absolute atomic E-state index is 0.618. The van der Waals surface area contributed by atoms with E-state index in [9.17, 15) is 0 Å². The molecule has 0 amide bonds. The van der Waals surface area contributed by atoms with Crippen LogP contribution in [0.25, 0.3) is 0 Å². The van der Waals surface area contributed by atoms with E-state index in [-0.39, 0.29) is 0 Å². The minimum Gasteiger partial charge on any atom is -0.381 e. The van der Waals surface area contributed by atoms with Crippen LogP contribution in [-0.2, 0) is 4.74 Å². The summed E-state index contributed by atoms with van der Waals surface area (Å²) in [6.45, 7) is 11.2. The fourth-order valence-electron chi connectivity index (χ4n) is 2.25. The van der Waals surface area contributed by atoms with Gasteiger partial charge in [0.15, 0.2) is 0 Å². The van der Waals surface area contributed by atoms with Gasteiger partial charge in [-0.3, -0.25) is 0 Å². The van der Waals surface area contributed by atoms with Crippen molar-refractivity contribution in [2.24, 2.45) is 5.92 Å². The van der Waals surface area contributed by atoms with Crippen LogP contribution in [0.15, 0.2) is 12.2 Å². The maximum Gasteiger partial charge on any atom is 0.0509 e.